The number of amides is 1. The van der Waals surface area contributed by atoms with E-state index in [1.165, 1.54) is 24.3 Å². The van der Waals surface area contributed by atoms with Crippen LogP contribution in [0.2, 0.25) is 0 Å². The SMILES string of the molecule is O=C(NCc1ccc(F)cc1)c1ccc(NCCc2ccc(F)cc2)nn1. The Labute approximate surface area is 155 Å². The molecule has 1 amide bonds. The van der Waals surface area contributed by atoms with Crippen molar-refractivity contribution in [3.63, 3.8) is 0 Å². The van der Waals surface area contributed by atoms with E-state index in [2.05, 4.69) is 20.8 Å². The predicted molar refractivity (Wildman–Crippen MR) is 98.2 cm³/mol. The normalized spacial score (nSPS) is 10.4. The highest BCUT2D eigenvalue weighted by Gasteiger charge is 2.08. The average Bonchev–Trinajstić information content (AvgIpc) is 2.69. The summed E-state index contributed by atoms with van der Waals surface area (Å²) < 4.78 is 25.7. The highest BCUT2D eigenvalue weighted by molar-refractivity contribution is 5.92. The molecule has 0 bridgehead atoms. The van der Waals surface area contributed by atoms with E-state index in [-0.39, 0.29) is 29.8 Å². The Hall–Kier alpha value is -3.35. The lowest BCUT2D eigenvalue weighted by Crippen LogP contribution is -2.24. The van der Waals surface area contributed by atoms with E-state index in [4.69, 9.17) is 0 Å². The standard InChI is InChI=1S/C20H18F2N4O/c21-16-5-1-14(2-6-16)11-12-23-19-10-9-18(25-26-19)20(27)24-13-15-3-7-17(22)8-4-15/h1-10H,11-13H2,(H,23,26)(H,24,27). The molecule has 3 aromatic rings. The lowest BCUT2D eigenvalue weighted by molar-refractivity contribution is 0.0945. The Morgan fingerprint density at radius 3 is 2.04 bits per heavy atom. The minimum absolute atomic E-state index is 0.196. The van der Waals surface area contributed by atoms with Gasteiger partial charge in [0.05, 0.1) is 0 Å². The van der Waals surface area contributed by atoms with Gasteiger partial charge in [0.2, 0.25) is 0 Å². The zero-order chi connectivity index (χ0) is 19.1. The topological polar surface area (TPSA) is 66.9 Å². The maximum Gasteiger partial charge on any atom is 0.272 e. The zero-order valence-corrected chi connectivity index (χ0v) is 14.5. The molecule has 1 aromatic heterocycles. The van der Waals surface area contributed by atoms with Gasteiger partial charge in [-0.25, -0.2) is 8.78 Å². The number of carbonyl (C=O) groups is 1. The molecule has 0 aliphatic carbocycles. The van der Waals surface area contributed by atoms with Gasteiger partial charge >= 0.3 is 0 Å². The molecule has 0 unspecified atom stereocenters. The lowest BCUT2D eigenvalue weighted by atomic mass is 10.1. The van der Waals surface area contributed by atoms with Crippen LogP contribution >= 0.6 is 0 Å². The number of nitrogens with one attached hydrogen (secondary N) is 2. The van der Waals surface area contributed by atoms with Crippen LogP contribution in [0.1, 0.15) is 21.6 Å². The van der Waals surface area contributed by atoms with E-state index in [9.17, 15) is 13.6 Å². The number of anilines is 1. The molecule has 7 heteroatoms. The summed E-state index contributed by atoms with van der Waals surface area (Å²) in [5.74, 6) is -0.388. The van der Waals surface area contributed by atoms with E-state index >= 15 is 0 Å². The Balaban J connectivity index is 1.46. The van der Waals surface area contributed by atoms with E-state index in [1.807, 2.05) is 0 Å². The summed E-state index contributed by atoms with van der Waals surface area (Å²) >= 11 is 0. The van der Waals surface area contributed by atoms with Crippen LogP contribution < -0.4 is 10.6 Å². The van der Waals surface area contributed by atoms with E-state index in [0.717, 1.165) is 11.1 Å². The Morgan fingerprint density at radius 1 is 0.815 bits per heavy atom. The lowest BCUT2D eigenvalue weighted by Gasteiger charge is -2.07. The number of hydrogen-bond donors (Lipinski definition) is 2. The third kappa shape index (κ3) is 5.57. The Kier molecular flexibility index (Phi) is 6.04. The second-order valence-corrected chi connectivity index (χ2v) is 5.92. The molecule has 5 nitrogen and oxygen atoms in total. The van der Waals surface area contributed by atoms with Crippen molar-refractivity contribution in [2.24, 2.45) is 0 Å². The molecule has 0 radical (unpaired) electrons. The smallest absolute Gasteiger partial charge is 0.272 e. The van der Waals surface area contributed by atoms with Crippen LogP contribution in [0.4, 0.5) is 14.6 Å². The second-order valence-electron chi connectivity index (χ2n) is 5.92. The van der Waals surface area contributed by atoms with Crippen molar-refractivity contribution in [2.75, 3.05) is 11.9 Å². The molecular formula is C20H18F2N4O. The molecule has 27 heavy (non-hydrogen) atoms. The number of carbonyl (C=O) groups excluding carboxylic acids is 1. The minimum Gasteiger partial charge on any atom is -0.368 e. The van der Waals surface area contributed by atoms with Crippen LogP contribution in [0, 0.1) is 11.6 Å². The largest absolute Gasteiger partial charge is 0.368 e. The summed E-state index contributed by atoms with van der Waals surface area (Å²) in [6.45, 7) is 0.884. The summed E-state index contributed by atoms with van der Waals surface area (Å²) in [5.41, 5.74) is 1.99. The van der Waals surface area contributed by atoms with Crippen molar-refractivity contribution in [2.45, 2.75) is 13.0 Å². The predicted octanol–water partition coefficient (Wildman–Crippen LogP) is 3.34. The van der Waals surface area contributed by atoms with Gasteiger partial charge in [0, 0.05) is 13.1 Å². The molecule has 0 saturated heterocycles. The molecule has 0 fully saturated rings. The van der Waals surface area contributed by atoms with Crippen molar-refractivity contribution >= 4 is 11.7 Å². The van der Waals surface area contributed by atoms with Crippen molar-refractivity contribution in [3.05, 3.63) is 89.1 Å². The second kappa shape index (κ2) is 8.84. The van der Waals surface area contributed by atoms with Gasteiger partial charge in [0.1, 0.15) is 17.5 Å². The fourth-order valence-electron chi connectivity index (χ4n) is 2.41. The molecule has 0 aliphatic heterocycles. The number of hydrogen-bond acceptors (Lipinski definition) is 4. The van der Waals surface area contributed by atoms with Crippen LogP contribution in [0.25, 0.3) is 0 Å². The molecule has 2 aromatic carbocycles. The fourth-order valence-corrected chi connectivity index (χ4v) is 2.41. The van der Waals surface area contributed by atoms with E-state index in [0.29, 0.717) is 18.8 Å². The van der Waals surface area contributed by atoms with Gasteiger partial charge < -0.3 is 10.6 Å². The average molecular weight is 368 g/mol. The van der Waals surface area contributed by atoms with E-state index in [1.54, 1.807) is 36.4 Å². The van der Waals surface area contributed by atoms with Crippen LogP contribution in [0.15, 0.2) is 60.7 Å². The van der Waals surface area contributed by atoms with Gasteiger partial charge in [-0.05, 0) is 53.9 Å². The first kappa shape index (κ1) is 18.4. The van der Waals surface area contributed by atoms with Gasteiger partial charge in [-0.3, -0.25) is 4.79 Å². The first-order valence-corrected chi connectivity index (χ1v) is 8.45. The Morgan fingerprint density at radius 2 is 1.44 bits per heavy atom. The summed E-state index contributed by atoms with van der Waals surface area (Å²) in [4.78, 5) is 12.1. The Bertz CT molecular complexity index is 881. The maximum absolute atomic E-state index is 12.9. The number of aromatic nitrogens is 2. The van der Waals surface area contributed by atoms with Gasteiger partial charge in [0.25, 0.3) is 5.91 Å². The molecule has 0 atom stereocenters. The highest BCUT2D eigenvalue weighted by atomic mass is 19.1. The summed E-state index contributed by atoms with van der Waals surface area (Å²) in [6, 6.07) is 15.5. The number of halogens is 2. The van der Waals surface area contributed by atoms with E-state index < -0.39 is 0 Å². The van der Waals surface area contributed by atoms with Crippen LogP contribution in [-0.2, 0) is 13.0 Å². The summed E-state index contributed by atoms with van der Waals surface area (Å²) in [6.07, 6.45) is 0.710. The zero-order valence-electron chi connectivity index (χ0n) is 14.5. The molecule has 2 N–H and O–H groups in total. The van der Waals surface area contributed by atoms with Crippen LogP contribution in [0.5, 0.6) is 0 Å². The van der Waals surface area contributed by atoms with Crippen LogP contribution in [-0.4, -0.2) is 22.6 Å². The fraction of sp³-hybridized carbons (Fsp3) is 0.150. The third-order valence-corrected chi connectivity index (χ3v) is 3.90. The van der Waals surface area contributed by atoms with Gasteiger partial charge in [-0.15, -0.1) is 10.2 Å². The third-order valence-electron chi connectivity index (χ3n) is 3.90. The van der Waals surface area contributed by atoms with Gasteiger partial charge in [-0.2, -0.15) is 0 Å². The van der Waals surface area contributed by atoms with Crippen molar-refractivity contribution in [1.82, 2.24) is 15.5 Å². The molecule has 1 heterocycles. The molecule has 3 rings (SSSR count). The quantitative estimate of drug-likeness (QED) is 0.671. The van der Waals surface area contributed by atoms with Gasteiger partial charge in [0.15, 0.2) is 5.69 Å². The molecule has 0 saturated carbocycles. The minimum atomic E-state index is -0.357. The van der Waals surface area contributed by atoms with Crippen molar-refractivity contribution in [3.8, 4) is 0 Å². The number of benzene rings is 2. The summed E-state index contributed by atoms with van der Waals surface area (Å²) in [7, 11) is 0. The molecule has 138 valence electrons. The molecular weight excluding hydrogens is 350 g/mol. The first-order valence-electron chi connectivity index (χ1n) is 8.45. The summed E-state index contributed by atoms with van der Waals surface area (Å²) in [5, 5.41) is 13.7. The molecule has 0 spiro atoms. The highest BCUT2D eigenvalue weighted by Crippen LogP contribution is 2.07. The van der Waals surface area contributed by atoms with Gasteiger partial charge in [-0.1, -0.05) is 24.3 Å². The van der Waals surface area contributed by atoms with Crippen molar-refractivity contribution < 1.29 is 13.6 Å². The van der Waals surface area contributed by atoms with Crippen molar-refractivity contribution in [1.29, 1.82) is 0 Å². The maximum atomic E-state index is 12.9. The first-order chi connectivity index (χ1) is 13.1. The monoisotopic (exact) mass is 368 g/mol. The number of nitrogens with zero attached hydrogens (tertiary/aromatic N) is 2. The molecule has 0 aliphatic rings. The number of rotatable bonds is 7. The van der Waals surface area contributed by atoms with Crippen LogP contribution in [0.3, 0.4) is 0 Å².